The molecule has 0 amide bonds. The van der Waals surface area contributed by atoms with Gasteiger partial charge in [0, 0.05) is 51.0 Å². The number of benzene rings is 2. The van der Waals surface area contributed by atoms with Gasteiger partial charge in [-0.3, -0.25) is 0 Å². The second-order valence-electron chi connectivity index (χ2n) is 9.65. The summed E-state index contributed by atoms with van der Waals surface area (Å²) in [6, 6.07) is 21.2. The van der Waals surface area contributed by atoms with E-state index in [4.69, 9.17) is 11.5 Å². The van der Waals surface area contributed by atoms with Crippen LogP contribution < -0.4 is 20.6 Å². The summed E-state index contributed by atoms with van der Waals surface area (Å²) in [7, 11) is 0. The lowest BCUT2D eigenvalue weighted by Crippen LogP contribution is -2.38. The van der Waals surface area contributed by atoms with Crippen molar-refractivity contribution in [3.05, 3.63) is 72.1 Å². The first-order valence-corrected chi connectivity index (χ1v) is 12.9. The molecule has 0 aliphatic heterocycles. The van der Waals surface area contributed by atoms with E-state index in [0.29, 0.717) is 0 Å². The minimum atomic E-state index is 0. The number of pyridine rings is 2. The Morgan fingerprint density at radius 1 is 0.528 bits per heavy atom. The van der Waals surface area contributed by atoms with Gasteiger partial charge < -0.3 is 11.5 Å². The van der Waals surface area contributed by atoms with Crippen molar-refractivity contribution in [2.45, 2.75) is 78.3 Å². The van der Waals surface area contributed by atoms with Crippen LogP contribution in [0, 0.1) is 13.8 Å². The molecule has 0 spiro atoms. The third-order valence-electron chi connectivity index (χ3n) is 7.11. The molecule has 0 saturated heterocycles. The first kappa shape index (κ1) is 29.7. The predicted molar refractivity (Wildman–Crippen MR) is 158 cm³/mol. The highest BCUT2D eigenvalue weighted by molar-refractivity contribution is 5.88. The Hall–Kier alpha value is -2.56. The molecule has 0 atom stereocenters. The molecule has 4 aromatic rings. The van der Waals surface area contributed by atoms with Gasteiger partial charge in [-0.2, -0.15) is 9.13 Å². The van der Waals surface area contributed by atoms with Crippen LogP contribution in [0.1, 0.15) is 62.8 Å². The number of aryl methyl sites for hydroxylation is 4. The van der Waals surface area contributed by atoms with E-state index in [0.717, 1.165) is 35.2 Å². The van der Waals surface area contributed by atoms with Gasteiger partial charge in [0.15, 0.2) is 11.4 Å². The lowest BCUT2D eigenvalue weighted by molar-refractivity contribution is -0.678. The van der Waals surface area contributed by atoms with Gasteiger partial charge in [-0.1, -0.05) is 49.9 Å². The second-order valence-corrected chi connectivity index (χ2v) is 9.65. The van der Waals surface area contributed by atoms with E-state index in [1.807, 2.05) is 0 Å². The first-order valence-electron chi connectivity index (χ1n) is 12.9. The summed E-state index contributed by atoms with van der Waals surface area (Å²) in [4.78, 5) is 0. The van der Waals surface area contributed by atoms with Gasteiger partial charge in [0.25, 0.3) is 0 Å². The van der Waals surface area contributed by atoms with Gasteiger partial charge in [0.05, 0.1) is 22.1 Å². The Bertz CT molecular complexity index is 1170. The third-order valence-corrected chi connectivity index (χ3v) is 7.11. The number of rotatable bonds is 11. The molecule has 194 valence electrons. The Kier molecular flexibility index (Phi) is 11.7. The van der Waals surface area contributed by atoms with Crippen molar-refractivity contribution in [1.82, 2.24) is 0 Å². The number of halogens is 2. The van der Waals surface area contributed by atoms with Gasteiger partial charge in [0.1, 0.15) is 13.1 Å². The number of nitrogen functional groups attached to an aromatic ring is 2. The molecule has 36 heavy (non-hydrogen) atoms. The fourth-order valence-electron chi connectivity index (χ4n) is 5.24. The Morgan fingerprint density at radius 2 is 0.861 bits per heavy atom. The molecule has 2 aromatic carbocycles. The Labute approximate surface area is 228 Å². The maximum Gasteiger partial charge on any atom is 0.214 e. The zero-order valence-electron chi connectivity index (χ0n) is 21.7. The molecule has 0 radical (unpaired) electrons. The van der Waals surface area contributed by atoms with Crippen LogP contribution >= 0.6 is 24.8 Å². The fraction of sp³-hybridized carbons (Fsp3) is 0.400. The quantitative estimate of drug-likeness (QED) is 0.162. The lowest BCUT2D eigenvalue weighted by Gasteiger charge is -2.08. The van der Waals surface area contributed by atoms with Crippen LogP contribution in [0.15, 0.2) is 60.7 Å². The molecule has 4 rings (SSSR count). The maximum absolute atomic E-state index is 6.22. The number of nitrogens with two attached hydrogens (primary N) is 2. The van der Waals surface area contributed by atoms with Crippen molar-refractivity contribution in [2.24, 2.45) is 0 Å². The van der Waals surface area contributed by atoms with Crippen LogP contribution in [0.5, 0.6) is 0 Å². The Balaban J connectivity index is 0.00000228. The summed E-state index contributed by atoms with van der Waals surface area (Å²) >= 11 is 0. The molecule has 2 aromatic heterocycles. The number of para-hydroxylation sites is 2. The highest BCUT2D eigenvalue weighted by Crippen LogP contribution is 2.20. The minimum Gasteiger partial charge on any atom is -0.398 e. The molecule has 0 fully saturated rings. The van der Waals surface area contributed by atoms with Crippen LogP contribution in [0.4, 0.5) is 11.4 Å². The van der Waals surface area contributed by atoms with Crippen molar-refractivity contribution >= 4 is 58.0 Å². The van der Waals surface area contributed by atoms with Crippen molar-refractivity contribution in [2.75, 3.05) is 11.5 Å². The summed E-state index contributed by atoms with van der Waals surface area (Å²) in [5, 5.41) is 2.32. The average Bonchev–Trinajstić information content (AvgIpc) is 2.83. The van der Waals surface area contributed by atoms with E-state index in [9.17, 15) is 0 Å². The number of nitrogens with zero attached hydrogens (tertiary/aromatic N) is 2. The number of anilines is 2. The Morgan fingerprint density at radius 3 is 1.25 bits per heavy atom. The van der Waals surface area contributed by atoms with E-state index in [1.165, 1.54) is 73.8 Å². The number of hydrogen-bond acceptors (Lipinski definition) is 2. The molecular weight excluding hydrogens is 487 g/mol. The van der Waals surface area contributed by atoms with Gasteiger partial charge in [0.2, 0.25) is 11.0 Å². The highest BCUT2D eigenvalue weighted by Gasteiger charge is 2.15. The largest absolute Gasteiger partial charge is 0.398 e. The van der Waals surface area contributed by atoms with E-state index < -0.39 is 0 Å². The normalized spacial score (nSPS) is 10.8. The number of aromatic nitrogens is 2. The summed E-state index contributed by atoms with van der Waals surface area (Å²) < 4.78 is 4.85. The molecule has 0 aliphatic rings. The van der Waals surface area contributed by atoms with Crippen molar-refractivity contribution in [3.8, 4) is 0 Å². The van der Waals surface area contributed by atoms with E-state index in [2.05, 4.69) is 83.6 Å². The van der Waals surface area contributed by atoms with Crippen molar-refractivity contribution in [1.29, 1.82) is 0 Å². The lowest BCUT2D eigenvalue weighted by atomic mass is 10.1. The van der Waals surface area contributed by atoms with E-state index >= 15 is 0 Å². The molecule has 4 nitrogen and oxygen atoms in total. The zero-order valence-corrected chi connectivity index (χ0v) is 23.3. The van der Waals surface area contributed by atoms with Crippen LogP contribution in [-0.4, -0.2) is 0 Å². The summed E-state index contributed by atoms with van der Waals surface area (Å²) in [6.45, 7) is 6.46. The smallest absolute Gasteiger partial charge is 0.214 e. The van der Waals surface area contributed by atoms with Crippen LogP contribution in [0.25, 0.3) is 21.8 Å². The fourth-order valence-corrected chi connectivity index (χ4v) is 5.24. The van der Waals surface area contributed by atoms with Crippen molar-refractivity contribution < 1.29 is 9.13 Å². The number of hydrogen-bond donors (Lipinski definition) is 2. The van der Waals surface area contributed by atoms with Gasteiger partial charge in [-0.25, -0.2) is 0 Å². The standard InChI is InChI=1S/C30H38N4.2ClH/c1-23-21-27(31)25-15-9-11-17-29(25)33(23)19-13-7-5-3-4-6-8-14-20-34-24(2)22-28(32)26-16-10-12-18-30(26)34;;/h9-12,15-18,21-22,31-32H,3-8,13-14,19-20H2,1-2H3;2*1H/p+2. The molecule has 2 heterocycles. The summed E-state index contributed by atoms with van der Waals surface area (Å²) in [6.07, 6.45) is 10.3. The van der Waals surface area contributed by atoms with Gasteiger partial charge in [-0.05, 0) is 25.0 Å². The molecule has 0 bridgehead atoms. The van der Waals surface area contributed by atoms with E-state index in [1.54, 1.807) is 0 Å². The SMILES string of the molecule is Cc1cc(N)c2ccccc2[n+]1CCCCCCCCCC[n+]1c(C)cc(N)c2ccccc21.Cl.Cl. The minimum absolute atomic E-state index is 0. The molecule has 0 unspecified atom stereocenters. The second kappa shape index (κ2) is 14.2. The van der Waals surface area contributed by atoms with Crippen LogP contribution in [0.3, 0.4) is 0 Å². The molecular formula is C30H42Cl2N4+2. The van der Waals surface area contributed by atoms with E-state index in [-0.39, 0.29) is 24.8 Å². The molecule has 4 N–H and O–H groups in total. The highest BCUT2D eigenvalue weighted by atomic mass is 35.5. The first-order chi connectivity index (χ1) is 16.6. The predicted octanol–water partition coefficient (Wildman–Crippen LogP) is 7.01. The monoisotopic (exact) mass is 528 g/mol. The van der Waals surface area contributed by atoms with Gasteiger partial charge >= 0.3 is 0 Å². The summed E-state index contributed by atoms with van der Waals surface area (Å²) in [5.74, 6) is 0. The third kappa shape index (κ3) is 7.02. The van der Waals surface area contributed by atoms with Crippen LogP contribution in [0.2, 0.25) is 0 Å². The number of fused-ring (bicyclic) bond motifs is 2. The van der Waals surface area contributed by atoms with Crippen LogP contribution in [-0.2, 0) is 13.1 Å². The summed E-state index contributed by atoms with van der Waals surface area (Å²) in [5.41, 5.74) is 19.2. The zero-order chi connectivity index (χ0) is 23.9. The molecule has 6 heteroatoms. The molecule has 0 saturated carbocycles. The average molecular weight is 530 g/mol. The molecule has 0 aliphatic carbocycles. The van der Waals surface area contributed by atoms with Gasteiger partial charge in [-0.15, -0.1) is 24.8 Å². The van der Waals surface area contributed by atoms with Crippen molar-refractivity contribution in [3.63, 3.8) is 0 Å². The maximum atomic E-state index is 6.22. The topological polar surface area (TPSA) is 59.8 Å². The number of unbranched alkanes of at least 4 members (excludes halogenated alkanes) is 7.